The Morgan fingerprint density at radius 2 is 1.16 bits per heavy atom. The molecule has 2 aromatic carbocycles. The molecule has 14 nitrogen and oxygen atoms in total. The van der Waals surface area contributed by atoms with Crippen molar-refractivity contribution in [3.05, 3.63) is 153 Å². The molecule has 2 fully saturated rings. The highest BCUT2D eigenvalue weighted by Crippen LogP contribution is 2.45. The zero-order valence-electron chi connectivity index (χ0n) is 40.0. The Morgan fingerprint density at radius 3 is 1.61 bits per heavy atom. The van der Waals surface area contributed by atoms with E-state index in [1.807, 2.05) is 59.3 Å². The van der Waals surface area contributed by atoms with E-state index in [1.54, 1.807) is 84.2 Å². The first kappa shape index (κ1) is 48.4. The molecule has 6 aromatic heterocycles. The van der Waals surface area contributed by atoms with Gasteiger partial charge in [0.1, 0.15) is 44.3 Å². The summed E-state index contributed by atoms with van der Waals surface area (Å²) in [4.78, 5) is 9.77. The van der Waals surface area contributed by atoms with Gasteiger partial charge in [-0.15, -0.1) is 43.1 Å². The fraction of sp³-hybridized carbons (Fsp3) is 0.385. The number of ether oxygens (including phenoxy) is 2. The van der Waals surface area contributed by atoms with Crippen LogP contribution in [0.1, 0.15) is 105 Å². The number of anilines is 4. The van der Waals surface area contributed by atoms with Crippen molar-refractivity contribution >= 4 is 45.9 Å². The van der Waals surface area contributed by atoms with E-state index in [0.29, 0.717) is 22.6 Å². The van der Waals surface area contributed by atoms with Gasteiger partial charge in [0.15, 0.2) is 23.1 Å². The largest absolute Gasteiger partial charge is 0.487 e. The number of H-pyrrole nitrogens is 1. The van der Waals surface area contributed by atoms with Crippen LogP contribution in [0.3, 0.4) is 0 Å². The van der Waals surface area contributed by atoms with E-state index < -0.39 is 0 Å². The summed E-state index contributed by atoms with van der Waals surface area (Å²) < 4.78 is 43.1. The molecule has 0 aliphatic heterocycles. The Hall–Kier alpha value is -6.66. The first-order valence-corrected chi connectivity index (χ1v) is 25.5. The summed E-state index contributed by atoms with van der Waals surface area (Å²) in [6, 6.07) is 26.5. The van der Waals surface area contributed by atoms with Gasteiger partial charge in [-0.2, -0.15) is 10.2 Å². The van der Waals surface area contributed by atoms with Gasteiger partial charge in [-0.25, -0.2) is 23.4 Å². The highest BCUT2D eigenvalue weighted by atomic mass is 32.1. The predicted molar refractivity (Wildman–Crippen MR) is 269 cm³/mol. The van der Waals surface area contributed by atoms with E-state index in [9.17, 15) is 8.78 Å². The van der Waals surface area contributed by atoms with E-state index in [2.05, 4.69) is 73.2 Å². The highest BCUT2D eigenvalue weighted by Gasteiger charge is 2.42. The summed E-state index contributed by atoms with van der Waals surface area (Å²) in [5.41, 5.74) is 6.27. The van der Waals surface area contributed by atoms with E-state index in [1.165, 1.54) is 0 Å². The van der Waals surface area contributed by atoms with E-state index in [4.69, 9.17) is 19.4 Å². The van der Waals surface area contributed by atoms with Gasteiger partial charge in [-0.05, 0) is 134 Å². The zero-order chi connectivity index (χ0) is 48.7. The molecule has 18 heteroatoms. The molecule has 2 aliphatic rings. The van der Waals surface area contributed by atoms with Crippen molar-refractivity contribution in [3.63, 3.8) is 0 Å². The van der Waals surface area contributed by atoms with Crippen LogP contribution in [0, 0.1) is 25.5 Å². The molecule has 2 saturated carbocycles. The number of aromatic amines is 1. The van der Waals surface area contributed by atoms with Crippen LogP contribution in [0.25, 0.3) is 0 Å². The van der Waals surface area contributed by atoms with Crippen molar-refractivity contribution in [3.8, 4) is 11.5 Å². The summed E-state index contributed by atoms with van der Waals surface area (Å²) in [7, 11) is 0. The third kappa shape index (κ3) is 11.3. The van der Waals surface area contributed by atoms with Crippen LogP contribution in [0.4, 0.5) is 32.1 Å². The average Bonchev–Trinajstić information content (AvgIpc) is 4.21. The van der Waals surface area contributed by atoms with Gasteiger partial charge in [0.05, 0.1) is 30.1 Å². The maximum atomic E-state index is 14.5. The lowest BCUT2D eigenvalue weighted by molar-refractivity contribution is 0.110. The summed E-state index contributed by atoms with van der Waals surface area (Å²) >= 11 is 3.18. The molecule has 0 atom stereocenters. The van der Waals surface area contributed by atoms with Gasteiger partial charge >= 0.3 is 0 Å². The number of pyridine rings is 2. The zero-order valence-corrected chi connectivity index (χ0v) is 41.7. The number of aryl methyl sites for hydroxylation is 2. The Kier molecular flexibility index (Phi) is 14.6. The molecule has 70 heavy (non-hydrogen) atoms. The van der Waals surface area contributed by atoms with Crippen LogP contribution in [-0.4, -0.2) is 62.5 Å². The number of halogens is 2. The van der Waals surface area contributed by atoms with Crippen molar-refractivity contribution in [2.45, 2.75) is 127 Å². The fourth-order valence-electron chi connectivity index (χ4n) is 9.56. The molecule has 6 heterocycles. The van der Waals surface area contributed by atoms with Crippen LogP contribution < -0.4 is 20.1 Å². The van der Waals surface area contributed by atoms with E-state index in [-0.39, 0.29) is 40.2 Å². The monoisotopic (exact) mass is 984 g/mol. The number of hydrogen-bond acceptors (Lipinski definition) is 14. The summed E-state index contributed by atoms with van der Waals surface area (Å²) in [5, 5.41) is 37.2. The van der Waals surface area contributed by atoms with Gasteiger partial charge in [0.25, 0.3) is 0 Å². The Bertz CT molecular complexity index is 2930. The third-order valence-corrected chi connectivity index (χ3v) is 15.1. The lowest BCUT2D eigenvalue weighted by Gasteiger charge is -2.38. The van der Waals surface area contributed by atoms with Gasteiger partial charge in [-0.3, -0.25) is 5.10 Å². The van der Waals surface area contributed by atoms with Crippen molar-refractivity contribution in [2.24, 2.45) is 0 Å². The molecule has 364 valence electrons. The number of nitrogens with one attached hydrogen (secondary N) is 3. The summed E-state index contributed by atoms with van der Waals surface area (Å²) in [5.74, 6) is 3.36. The minimum atomic E-state index is -0.274. The second-order valence-electron chi connectivity index (χ2n) is 19.4. The second kappa shape index (κ2) is 21.1. The van der Waals surface area contributed by atoms with Crippen LogP contribution in [-0.2, 0) is 29.2 Å². The quantitative estimate of drug-likeness (QED) is 0.0945. The highest BCUT2D eigenvalue weighted by molar-refractivity contribution is 7.09. The summed E-state index contributed by atoms with van der Waals surface area (Å²) in [6.45, 7) is 9.87. The normalized spacial score (nSPS) is 20.3. The van der Waals surface area contributed by atoms with Crippen molar-refractivity contribution in [2.75, 3.05) is 10.6 Å². The van der Waals surface area contributed by atoms with E-state index in [0.717, 1.165) is 109 Å². The second-order valence-corrected chi connectivity index (χ2v) is 21.0. The van der Waals surface area contributed by atoms with E-state index >= 15 is 0 Å². The van der Waals surface area contributed by atoms with Gasteiger partial charge in [0, 0.05) is 47.2 Å². The number of benzene rings is 2. The standard InChI is InChI=1S/C28H33FN6OS.C24H25FN6OS/c1-19-7-5-9-22(25(19)29)36-21-11-14-28(15-12-21,26-34-30-18-37-26)17-20-8-6-10-23(32-20)33-24-13-16-31-35(24)27(2,3)4;1-16-4-2-6-19(22(16)25)32-18-8-11-24(12-9-18,23-31-27-15-33-23)14-17-5-3-7-20(28-17)29-21-10-13-26-30-21/h5-10,13,16,18,21H,11-12,14-15,17H2,1-4H3,(H,32,33);2-7,10,13,15,18H,8-9,11-12,14H2,1H3,(H2,26,28,29,30). The minimum absolute atomic E-state index is 0.0244. The third-order valence-electron chi connectivity index (χ3n) is 13.3. The smallest absolute Gasteiger partial charge is 0.167 e. The van der Waals surface area contributed by atoms with Gasteiger partial charge < -0.3 is 20.1 Å². The van der Waals surface area contributed by atoms with Gasteiger partial charge in [-0.1, -0.05) is 36.4 Å². The first-order valence-electron chi connectivity index (χ1n) is 23.7. The fourth-order valence-corrected chi connectivity index (χ4v) is 11.2. The molecule has 0 bridgehead atoms. The van der Waals surface area contributed by atoms with Crippen LogP contribution in [0.15, 0.2) is 108 Å². The Morgan fingerprint density at radius 1 is 0.657 bits per heavy atom. The molecule has 0 spiro atoms. The first-order chi connectivity index (χ1) is 33.8. The molecular formula is C52H58F2N12O2S2. The van der Waals surface area contributed by atoms with Crippen molar-refractivity contribution < 1.29 is 18.3 Å². The number of hydrogen-bond donors (Lipinski definition) is 3. The molecule has 0 amide bonds. The van der Waals surface area contributed by atoms with Crippen LogP contribution >= 0.6 is 22.7 Å². The topological polar surface area (TPSA) is 166 Å². The maximum Gasteiger partial charge on any atom is 0.167 e. The van der Waals surface area contributed by atoms with Crippen LogP contribution in [0.5, 0.6) is 11.5 Å². The molecule has 8 aromatic rings. The molecule has 0 unspecified atom stereocenters. The van der Waals surface area contributed by atoms with Crippen LogP contribution in [0.2, 0.25) is 0 Å². The minimum Gasteiger partial charge on any atom is -0.487 e. The average molecular weight is 985 g/mol. The van der Waals surface area contributed by atoms with Crippen molar-refractivity contribution in [1.29, 1.82) is 0 Å². The molecule has 0 saturated heterocycles. The number of rotatable bonds is 14. The molecular weight excluding hydrogens is 927 g/mol. The lowest BCUT2D eigenvalue weighted by Crippen LogP contribution is -2.38. The summed E-state index contributed by atoms with van der Waals surface area (Å²) in [6.07, 6.45) is 11.7. The lowest BCUT2D eigenvalue weighted by atomic mass is 9.70. The molecule has 0 radical (unpaired) electrons. The van der Waals surface area contributed by atoms with Crippen molar-refractivity contribution in [1.82, 2.24) is 50.3 Å². The Labute approximate surface area is 414 Å². The SMILES string of the molecule is Cc1cccc(OC2CCC(Cc3cccc(Nc4ccn[nH]4)n3)(c3nncs3)CC2)c1F.Cc1cccc(OC2CCC(Cc3cccc(Nc4ccnn4C(C)(C)C)n3)(c3nncs3)CC2)c1F. The van der Waals surface area contributed by atoms with Gasteiger partial charge in [0.2, 0.25) is 0 Å². The molecule has 10 rings (SSSR count). The predicted octanol–water partition coefficient (Wildman–Crippen LogP) is 11.9. The molecule has 2 aliphatic carbocycles. The Balaban J connectivity index is 0.000000175. The number of nitrogens with zero attached hydrogens (tertiary/aromatic N) is 9. The number of aromatic nitrogens is 10. The molecule has 3 N–H and O–H groups in total. The maximum absolute atomic E-state index is 14.5.